The lowest BCUT2D eigenvalue weighted by atomic mass is 10.0. The molecule has 0 bridgehead atoms. The van der Waals surface area contributed by atoms with Crippen molar-refractivity contribution in [2.75, 3.05) is 39.3 Å². The molecule has 13 nitrogen and oxygen atoms in total. The fourth-order valence-corrected chi connectivity index (χ4v) is 5.87. The third-order valence-electron chi connectivity index (χ3n) is 8.52. The van der Waals surface area contributed by atoms with Gasteiger partial charge in [0.05, 0.1) is 42.7 Å². The molecule has 54 heavy (non-hydrogen) atoms. The number of non-ortho nitro benzene ring substituents is 1. The number of esters is 1. The van der Waals surface area contributed by atoms with Crippen LogP contribution in [0, 0.1) is 21.7 Å². The van der Waals surface area contributed by atoms with Crippen molar-refractivity contribution in [2.45, 2.75) is 19.8 Å². The van der Waals surface area contributed by atoms with E-state index in [0.717, 1.165) is 49.3 Å². The van der Waals surface area contributed by atoms with E-state index in [4.69, 9.17) is 18.9 Å². The molecule has 6 rings (SSSR count). The molecule has 0 saturated heterocycles. The summed E-state index contributed by atoms with van der Waals surface area (Å²) in [5, 5.41) is 28.4. The highest BCUT2D eigenvalue weighted by Crippen LogP contribution is 2.40. The SMILES string of the molecule is CCOc1cc2c(cc1N=Nc1ccc(N=Nc3ccc(C(=O)Oc4cc(F)c(-c5ccc([N+](=O)[O-])cc5)c(F)c4)c(OC)c3)c(OC)c1)CCCN2C. The zero-order chi connectivity index (χ0) is 38.4. The lowest BCUT2D eigenvalue weighted by Crippen LogP contribution is -2.24. The maximum atomic E-state index is 15.0. The number of hydrogen-bond acceptors (Lipinski definition) is 12. The van der Waals surface area contributed by atoms with Crippen molar-refractivity contribution in [3.63, 3.8) is 0 Å². The van der Waals surface area contributed by atoms with Gasteiger partial charge in [0.25, 0.3) is 5.69 Å². The van der Waals surface area contributed by atoms with Crippen LogP contribution in [0.15, 0.2) is 105 Å². The van der Waals surface area contributed by atoms with E-state index < -0.39 is 33.8 Å². The lowest BCUT2D eigenvalue weighted by molar-refractivity contribution is -0.384. The molecule has 1 heterocycles. The minimum atomic E-state index is -1.03. The van der Waals surface area contributed by atoms with Crippen molar-refractivity contribution >= 4 is 40.1 Å². The van der Waals surface area contributed by atoms with Gasteiger partial charge in [-0.1, -0.05) is 0 Å². The van der Waals surface area contributed by atoms with E-state index in [1.807, 2.05) is 19.1 Å². The van der Waals surface area contributed by atoms with Crippen LogP contribution in [-0.4, -0.2) is 45.3 Å². The highest BCUT2D eigenvalue weighted by Gasteiger charge is 2.21. The number of carbonyl (C=O) groups is 1. The largest absolute Gasteiger partial charge is 0.496 e. The fraction of sp³-hybridized carbons (Fsp3) is 0.205. The molecule has 0 fully saturated rings. The van der Waals surface area contributed by atoms with Gasteiger partial charge in [-0.15, -0.1) is 10.2 Å². The van der Waals surface area contributed by atoms with Gasteiger partial charge in [-0.3, -0.25) is 10.1 Å². The first-order chi connectivity index (χ1) is 26.1. The first-order valence-corrected chi connectivity index (χ1v) is 16.7. The van der Waals surface area contributed by atoms with Crippen LogP contribution in [0.1, 0.15) is 29.3 Å². The topological polar surface area (TPSA) is 150 Å². The Kier molecular flexibility index (Phi) is 11.2. The van der Waals surface area contributed by atoms with Crippen LogP contribution < -0.4 is 23.8 Å². The Morgan fingerprint density at radius 1 is 0.815 bits per heavy atom. The Hall–Kier alpha value is -6.77. The van der Waals surface area contributed by atoms with Crippen molar-refractivity contribution in [1.82, 2.24) is 0 Å². The number of anilines is 1. The predicted molar refractivity (Wildman–Crippen MR) is 197 cm³/mol. The number of rotatable bonds is 12. The van der Waals surface area contributed by atoms with Gasteiger partial charge in [-0.05, 0) is 73.4 Å². The Bertz CT molecular complexity index is 2260. The maximum absolute atomic E-state index is 15.0. The summed E-state index contributed by atoms with van der Waals surface area (Å²) in [6, 6.07) is 19.8. The number of ether oxygens (including phenoxy) is 4. The number of nitro groups is 1. The number of nitrogens with zero attached hydrogens (tertiary/aromatic N) is 6. The molecule has 15 heteroatoms. The molecule has 0 saturated carbocycles. The quantitative estimate of drug-likeness (QED) is 0.0404. The lowest BCUT2D eigenvalue weighted by Gasteiger charge is -2.28. The second-order valence-electron chi connectivity index (χ2n) is 12.0. The number of hydrogen-bond donors (Lipinski definition) is 0. The molecule has 5 aromatic rings. The summed E-state index contributed by atoms with van der Waals surface area (Å²) < 4.78 is 52.0. The van der Waals surface area contributed by atoms with Crippen molar-refractivity contribution < 1.29 is 37.4 Å². The molecule has 0 radical (unpaired) electrons. The summed E-state index contributed by atoms with van der Waals surface area (Å²) in [5.74, 6) is -2.29. The number of methoxy groups -OCH3 is 2. The molecule has 1 aliphatic heterocycles. The molecule has 276 valence electrons. The average Bonchev–Trinajstić information content (AvgIpc) is 3.16. The van der Waals surface area contributed by atoms with Crippen LogP contribution in [0.4, 0.5) is 42.9 Å². The molecular weight excluding hydrogens is 702 g/mol. The molecule has 0 atom stereocenters. The molecule has 0 N–H and O–H groups in total. The van der Waals surface area contributed by atoms with E-state index in [1.54, 1.807) is 18.2 Å². The molecule has 0 spiro atoms. The van der Waals surface area contributed by atoms with E-state index in [9.17, 15) is 23.7 Å². The van der Waals surface area contributed by atoms with Crippen molar-refractivity contribution in [2.24, 2.45) is 20.5 Å². The van der Waals surface area contributed by atoms with Crippen molar-refractivity contribution in [3.8, 4) is 34.1 Å². The van der Waals surface area contributed by atoms with Gasteiger partial charge in [0.15, 0.2) is 0 Å². The molecule has 0 unspecified atom stereocenters. The number of nitro benzene ring substituents is 1. The number of carbonyl (C=O) groups excluding carboxylic acids is 1. The number of fused-ring (bicyclic) bond motifs is 1. The van der Waals surface area contributed by atoms with Gasteiger partial charge < -0.3 is 23.8 Å². The number of benzene rings is 5. The molecule has 5 aromatic carbocycles. The Morgan fingerprint density at radius 3 is 2.11 bits per heavy atom. The summed E-state index contributed by atoms with van der Waals surface area (Å²) in [4.78, 5) is 25.6. The van der Waals surface area contributed by atoms with E-state index in [-0.39, 0.29) is 22.6 Å². The molecule has 1 aliphatic rings. The third kappa shape index (κ3) is 8.14. The Morgan fingerprint density at radius 2 is 1.46 bits per heavy atom. The smallest absolute Gasteiger partial charge is 0.347 e. The minimum Gasteiger partial charge on any atom is -0.496 e. The summed E-state index contributed by atoms with van der Waals surface area (Å²) in [6.45, 7) is 3.39. The van der Waals surface area contributed by atoms with Gasteiger partial charge in [0.2, 0.25) is 0 Å². The van der Waals surface area contributed by atoms with E-state index in [0.29, 0.717) is 40.9 Å². The highest BCUT2D eigenvalue weighted by molar-refractivity contribution is 5.94. The second kappa shape index (κ2) is 16.3. The summed E-state index contributed by atoms with van der Waals surface area (Å²) in [5.41, 5.74) is 3.56. The maximum Gasteiger partial charge on any atom is 0.347 e. The molecule has 0 aliphatic carbocycles. The van der Waals surface area contributed by atoms with E-state index in [1.165, 1.54) is 50.1 Å². The normalized spacial score (nSPS) is 12.5. The standard InChI is InChI=1S/C39H34F2N6O7/c1-5-53-37-22-34-24(7-6-16-46(34)2)17-33(37)45-43-26-11-15-32(36(19-26)52-4)44-42-25-10-14-29(35(18-25)51-3)39(48)54-28-20-30(40)38(31(41)21-28)23-8-12-27(13-9-23)47(49)50/h8-15,17-22H,5-7,16H2,1-4H3. The Labute approximate surface area is 308 Å². The van der Waals surface area contributed by atoms with Crippen LogP contribution in [-0.2, 0) is 6.42 Å². The van der Waals surface area contributed by atoms with Crippen LogP contribution >= 0.6 is 0 Å². The average molecular weight is 737 g/mol. The van der Waals surface area contributed by atoms with Crippen molar-refractivity contribution in [3.05, 3.63) is 118 Å². The van der Waals surface area contributed by atoms with E-state index in [2.05, 4.69) is 32.4 Å². The van der Waals surface area contributed by atoms with E-state index >= 15 is 0 Å². The Balaban J connectivity index is 1.16. The summed E-state index contributed by atoms with van der Waals surface area (Å²) in [7, 11) is 4.89. The molecule has 0 aromatic heterocycles. The monoisotopic (exact) mass is 736 g/mol. The van der Waals surface area contributed by atoms with Crippen LogP contribution in [0.25, 0.3) is 11.1 Å². The van der Waals surface area contributed by atoms with Gasteiger partial charge in [-0.2, -0.15) is 10.2 Å². The summed E-state index contributed by atoms with van der Waals surface area (Å²) in [6.07, 6.45) is 2.01. The number of halogens is 2. The van der Waals surface area contributed by atoms with Crippen LogP contribution in [0.2, 0.25) is 0 Å². The van der Waals surface area contributed by atoms with Gasteiger partial charge in [0.1, 0.15) is 51.6 Å². The zero-order valence-electron chi connectivity index (χ0n) is 29.7. The van der Waals surface area contributed by atoms with Crippen LogP contribution in [0.3, 0.4) is 0 Å². The van der Waals surface area contributed by atoms with Gasteiger partial charge in [0, 0.05) is 61.7 Å². The van der Waals surface area contributed by atoms with Gasteiger partial charge in [-0.25, -0.2) is 13.6 Å². The van der Waals surface area contributed by atoms with Crippen molar-refractivity contribution in [1.29, 1.82) is 0 Å². The van der Waals surface area contributed by atoms with Gasteiger partial charge >= 0.3 is 5.97 Å². The second-order valence-corrected chi connectivity index (χ2v) is 12.0. The fourth-order valence-electron chi connectivity index (χ4n) is 5.87. The summed E-state index contributed by atoms with van der Waals surface area (Å²) >= 11 is 0. The molecular formula is C39H34F2N6O7. The molecule has 0 amide bonds. The number of azo groups is 2. The third-order valence-corrected chi connectivity index (χ3v) is 8.52. The zero-order valence-corrected chi connectivity index (χ0v) is 29.7. The first kappa shape index (κ1) is 37.0. The minimum absolute atomic E-state index is 0.0394. The predicted octanol–water partition coefficient (Wildman–Crippen LogP) is 10.4. The van der Waals surface area contributed by atoms with Crippen LogP contribution in [0.5, 0.6) is 23.0 Å². The first-order valence-electron chi connectivity index (χ1n) is 16.7. The number of aryl methyl sites for hydroxylation is 1. The highest BCUT2D eigenvalue weighted by atomic mass is 19.1.